The fraction of sp³-hybridized carbons (Fsp3) is 0.167. The molecule has 4 heteroatoms. The van der Waals surface area contributed by atoms with E-state index in [1.807, 2.05) is 54.9 Å². The fourth-order valence-electron chi connectivity index (χ4n) is 2.52. The topological polar surface area (TPSA) is 51.5 Å². The summed E-state index contributed by atoms with van der Waals surface area (Å²) in [5.74, 6) is -0.0860. The second-order valence-electron chi connectivity index (χ2n) is 5.38. The lowest BCUT2D eigenvalue weighted by Gasteiger charge is -2.08. The van der Waals surface area contributed by atoms with Crippen LogP contribution in [-0.4, -0.2) is 15.6 Å². The molecule has 0 saturated heterocycles. The SMILES string of the molecule is Cc1cccc(OCc2cc3ccc(C(=O)O)cc3n2C)c1. The van der Waals surface area contributed by atoms with Crippen molar-refractivity contribution in [2.45, 2.75) is 13.5 Å². The quantitative estimate of drug-likeness (QED) is 0.797. The highest BCUT2D eigenvalue weighted by molar-refractivity contribution is 5.93. The van der Waals surface area contributed by atoms with Crippen molar-refractivity contribution in [2.75, 3.05) is 0 Å². The van der Waals surface area contributed by atoms with Crippen molar-refractivity contribution < 1.29 is 14.6 Å². The van der Waals surface area contributed by atoms with Crippen LogP contribution < -0.4 is 4.74 Å². The van der Waals surface area contributed by atoms with E-state index in [1.54, 1.807) is 12.1 Å². The molecule has 0 unspecified atom stereocenters. The third-order valence-corrected chi connectivity index (χ3v) is 3.77. The fourth-order valence-corrected chi connectivity index (χ4v) is 2.52. The van der Waals surface area contributed by atoms with Crippen LogP contribution >= 0.6 is 0 Å². The van der Waals surface area contributed by atoms with Crippen LogP contribution in [0.1, 0.15) is 21.6 Å². The standard InChI is InChI=1S/C18H17NO3/c1-12-4-3-5-16(8-12)22-11-15-9-13-6-7-14(18(20)21)10-17(13)19(15)2/h3-10H,11H2,1-2H3,(H,20,21). The molecule has 4 nitrogen and oxygen atoms in total. The van der Waals surface area contributed by atoms with Crippen molar-refractivity contribution in [3.63, 3.8) is 0 Å². The lowest BCUT2D eigenvalue weighted by molar-refractivity contribution is 0.0697. The molecular weight excluding hydrogens is 278 g/mol. The number of ether oxygens (including phenoxy) is 1. The molecule has 0 aliphatic carbocycles. The van der Waals surface area contributed by atoms with Crippen LogP contribution in [0.15, 0.2) is 48.5 Å². The first-order chi connectivity index (χ1) is 10.5. The van der Waals surface area contributed by atoms with Crippen molar-refractivity contribution in [2.24, 2.45) is 7.05 Å². The van der Waals surface area contributed by atoms with E-state index in [0.29, 0.717) is 12.2 Å². The maximum Gasteiger partial charge on any atom is 0.335 e. The number of carboxylic acid groups (broad SMARTS) is 1. The smallest absolute Gasteiger partial charge is 0.335 e. The van der Waals surface area contributed by atoms with Crippen molar-refractivity contribution in [3.8, 4) is 5.75 Å². The number of nitrogens with zero attached hydrogens (tertiary/aromatic N) is 1. The Hall–Kier alpha value is -2.75. The molecule has 2 aromatic carbocycles. The summed E-state index contributed by atoms with van der Waals surface area (Å²) in [5.41, 5.74) is 3.34. The van der Waals surface area contributed by atoms with Gasteiger partial charge in [0.1, 0.15) is 12.4 Å². The molecule has 1 aromatic heterocycles. The zero-order valence-electron chi connectivity index (χ0n) is 12.5. The summed E-state index contributed by atoms with van der Waals surface area (Å²) < 4.78 is 7.79. The molecular formula is C18H17NO3. The van der Waals surface area contributed by atoms with Gasteiger partial charge in [-0.15, -0.1) is 0 Å². The lowest BCUT2D eigenvalue weighted by Crippen LogP contribution is -2.02. The number of fused-ring (bicyclic) bond motifs is 1. The Morgan fingerprint density at radius 1 is 1.18 bits per heavy atom. The van der Waals surface area contributed by atoms with Gasteiger partial charge in [-0.3, -0.25) is 0 Å². The molecule has 22 heavy (non-hydrogen) atoms. The number of hydrogen-bond donors (Lipinski definition) is 1. The summed E-state index contributed by atoms with van der Waals surface area (Å²) in [7, 11) is 1.92. The number of carboxylic acids is 1. The highest BCUT2D eigenvalue weighted by Gasteiger charge is 2.10. The minimum absolute atomic E-state index is 0.292. The number of benzene rings is 2. The van der Waals surface area contributed by atoms with Gasteiger partial charge >= 0.3 is 5.97 Å². The Morgan fingerprint density at radius 3 is 2.73 bits per heavy atom. The van der Waals surface area contributed by atoms with Gasteiger partial charge in [-0.1, -0.05) is 18.2 Å². The average molecular weight is 295 g/mol. The molecule has 0 fully saturated rings. The van der Waals surface area contributed by atoms with E-state index in [0.717, 1.165) is 27.9 Å². The normalized spacial score (nSPS) is 10.8. The summed E-state index contributed by atoms with van der Waals surface area (Å²) in [6, 6.07) is 15.1. The minimum atomic E-state index is -0.916. The first-order valence-corrected chi connectivity index (χ1v) is 7.06. The number of rotatable bonds is 4. The molecule has 3 rings (SSSR count). The second-order valence-corrected chi connectivity index (χ2v) is 5.38. The zero-order chi connectivity index (χ0) is 15.7. The molecule has 0 amide bonds. The van der Waals surface area contributed by atoms with E-state index in [2.05, 4.69) is 0 Å². The molecule has 0 radical (unpaired) electrons. The van der Waals surface area contributed by atoms with Crippen LogP contribution in [0, 0.1) is 6.92 Å². The molecule has 0 spiro atoms. The van der Waals surface area contributed by atoms with Gasteiger partial charge in [0.05, 0.1) is 11.3 Å². The van der Waals surface area contributed by atoms with Crippen LogP contribution in [-0.2, 0) is 13.7 Å². The third-order valence-electron chi connectivity index (χ3n) is 3.77. The van der Waals surface area contributed by atoms with Gasteiger partial charge in [0.2, 0.25) is 0 Å². The van der Waals surface area contributed by atoms with Crippen LogP contribution in [0.25, 0.3) is 10.9 Å². The molecule has 1 heterocycles. The van der Waals surface area contributed by atoms with Gasteiger partial charge in [-0.25, -0.2) is 4.79 Å². The number of hydrogen-bond acceptors (Lipinski definition) is 2. The predicted octanol–water partition coefficient (Wildman–Crippen LogP) is 3.76. The Bertz CT molecular complexity index is 849. The van der Waals surface area contributed by atoms with Crippen molar-refractivity contribution in [3.05, 3.63) is 65.4 Å². The van der Waals surface area contributed by atoms with Crippen LogP contribution in [0.3, 0.4) is 0 Å². The van der Waals surface area contributed by atoms with Gasteiger partial charge in [-0.2, -0.15) is 0 Å². The van der Waals surface area contributed by atoms with E-state index in [-0.39, 0.29) is 0 Å². The van der Waals surface area contributed by atoms with Crippen molar-refractivity contribution in [1.29, 1.82) is 0 Å². The van der Waals surface area contributed by atoms with Gasteiger partial charge in [0.15, 0.2) is 0 Å². The van der Waals surface area contributed by atoms with Crippen LogP contribution in [0.4, 0.5) is 0 Å². The molecule has 0 bridgehead atoms. The third kappa shape index (κ3) is 2.68. The maximum atomic E-state index is 11.1. The first kappa shape index (κ1) is 14.2. The van der Waals surface area contributed by atoms with Crippen LogP contribution in [0.2, 0.25) is 0 Å². The molecule has 3 aromatic rings. The second kappa shape index (κ2) is 5.56. The number of aromatic carboxylic acids is 1. The van der Waals surface area contributed by atoms with Crippen molar-refractivity contribution >= 4 is 16.9 Å². The molecule has 0 aliphatic heterocycles. The summed E-state index contributed by atoms with van der Waals surface area (Å²) in [5, 5.41) is 10.1. The maximum absolute atomic E-state index is 11.1. The monoisotopic (exact) mass is 295 g/mol. The van der Waals surface area contributed by atoms with E-state index < -0.39 is 5.97 Å². The lowest BCUT2D eigenvalue weighted by atomic mass is 10.1. The molecule has 1 N–H and O–H groups in total. The Morgan fingerprint density at radius 2 is 2.00 bits per heavy atom. The number of carbonyl (C=O) groups is 1. The zero-order valence-corrected chi connectivity index (χ0v) is 12.5. The molecule has 0 saturated carbocycles. The average Bonchev–Trinajstić information content (AvgIpc) is 2.81. The Kier molecular flexibility index (Phi) is 3.59. The predicted molar refractivity (Wildman–Crippen MR) is 85.4 cm³/mol. The van der Waals surface area contributed by atoms with E-state index in [1.165, 1.54) is 0 Å². The number of aryl methyl sites for hydroxylation is 2. The van der Waals surface area contributed by atoms with Crippen LogP contribution in [0.5, 0.6) is 5.75 Å². The first-order valence-electron chi connectivity index (χ1n) is 7.06. The molecule has 112 valence electrons. The van der Waals surface area contributed by atoms with Gasteiger partial charge in [0, 0.05) is 18.0 Å². The van der Waals surface area contributed by atoms with E-state index in [4.69, 9.17) is 9.84 Å². The van der Waals surface area contributed by atoms with Gasteiger partial charge < -0.3 is 14.4 Å². The summed E-state index contributed by atoms with van der Waals surface area (Å²) in [6.07, 6.45) is 0. The summed E-state index contributed by atoms with van der Waals surface area (Å²) in [6.45, 7) is 2.47. The summed E-state index contributed by atoms with van der Waals surface area (Å²) >= 11 is 0. The van der Waals surface area contributed by atoms with Crippen molar-refractivity contribution in [1.82, 2.24) is 4.57 Å². The van der Waals surface area contributed by atoms with Gasteiger partial charge in [0.25, 0.3) is 0 Å². The highest BCUT2D eigenvalue weighted by Crippen LogP contribution is 2.22. The Labute approximate surface area is 128 Å². The minimum Gasteiger partial charge on any atom is -0.487 e. The Balaban J connectivity index is 1.88. The highest BCUT2D eigenvalue weighted by atomic mass is 16.5. The van der Waals surface area contributed by atoms with Gasteiger partial charge in [-0.05, 0) is 42.8 Å². The van der Waals surface area contributed by atoms with E-state index >= 15 is 0 Å². The molecule has 0 aliphatic rings. The summed E-state index contributed by atoms with van der Waals surface area (Å²) in [4.78, 5) is 11.1. The number of aromatic nitrogens is 1. The van der Waals surface area contributed by atoms with E-state index in [9.17, 15) is 4.79 Å². The molecule has 0 atom stereocenters. The largest absolute Gasteiger partial charge is 0.487 e.